The highest BCUT2D eigenvalue weighted by Gasteiger charge is 2.50. The van der Waals surface area contributed by atoms with Crippen molar-refractivity contribution in [3.63, 3.8) is 0 Å². The quantitative estimate of drug-likeness (QED) is 0.768. The van der Waals surface area contributed by atoms with E-state index >= 15 is 0 Å². The first-order valence-corrected chi connectivity index (χ1v) is 8.23. The highest BCUT2D eigenvalue weighted by molar-refractivity contribution is 5.91. The number of anilines is 1. The molecule has 1 heterocycles. The zero-order chi connectivity index (χ0) is 17.0. The molecule has 126 valence electrons. The van der Waals surface area contributed by atoms with Gasteiger partial charge in [0.25, 0.3) is 0 Å². The van der Waals surface area contributed by atoms with E-state index in [0.29, 0.717) is 13.1 Å². The number of aryl methyl sites for hydroxylation is 1. The van der Waals surface area contributed by atoms with Crippen LogP contribution in [0.1, 0.15) is 24.0 Å². The number of carbonyl (C=O) groups is 1. The maximum absolute atomic E-state index is 12.6. The predicted molar refractivity (Wildman–Crippen MR) is 94.4 cm³/mol. The van der Waals surface area contributed by atoms with E-state index < -0.39 is 0 Å². The average molecular weight is 325 g/mol. The number of benzene rings is 1. The van der Waals surface area contributed by atoms with Crippen molar-refractivity contribution in [2.75, 3.05) is 25.5 Å². The molecule has 0 atom stereocenters. The first-order chi connectivity index (χ1) is 11.7. The number of rotatable bonds is 7. The van der Waals surface area contributed by atoms with Crippen LogP contribution in [0.25, 0.3) is 0 Å². The van der Waals surface area contributed by atoms with Gasteiger partial charge in [0.1, 0.15) is 5.75 Å². The van der Waals surface area contributed by atoms with Gasteiger partial charge in [-0.2, -0.15) is 0 Å². The third-order valence-corrected chi connectivity index (χ3v) is 4.57. The molecule has 0 radical (unpaired) electrons. The van der Waals surface area contributed by atoms with Crippen molar-refractivity contribution >= 4 is 11.6 Å². The van der Waals surface area contributed by atoms with Crippen LogP contribution in [0.4, 0.5) is 5.69 Å². The topological polar surface area (TPSA) is 63.2 Å². The van der Waals surface area contributed by atoms with Crippen LogP contribution in [0.2, 0.25) is 0 Å². The number of nitrogens with one attached hydrogen (secondary N) is 2. The molecule has 5 nitrogen and oxygen atoms in total. The molecule has 0 spiro atoms. The Kier molecular flexibility index (Phi) is 4.69. The van der Waals surface area contributed by atoms with Gasteiger partial charge in [-0.1, -0.05) is 12.1 Å². The first-order valence-electron chi connectivity index (χ1n) is 8.23. The summed E-state index contributed by atoms with van der Waals surface area (Å²) >= 11 is 0. The molecule has 2 N–H and O–H groups in total. The minimum atomic E-state index is -0.348. The van der Waals surface area contributed by atoms with E-state index in [1.165, 1.54) is 0 Å². The molecule has 1 saturated carbocycles. The van der Waals surface area contributed by atoms with Gasteiger partial charge in [-0.05, 0) is 49.1 Å². The summed E-state index contributed by atoms with van der Waals surface area (Å²) in [5.41, 5.74) is 2.87. The van der Waals surface area contributed by atoms with E-state index in [2.05, 4.69) is 15.6 Å². The number of amides is 1. The Morgan fingerprint density at radius 3 is 2.58 bits per heavy atom. The fourth-order valence-corrected chi connectivity index (χ4v) is 2.90. The van der Waals surface area contributed by atoms with Crippen LogP contribution < -0.4 is 15.4 Å². The van der Waals surface area contributed by atoms with Crippen LogP contribution in [-0.4, -0.2) is 31.1 Å². The van der Waals surface area contributed by atoms with Crippen LogP contribution in [0, 0.1) is 6.92 Å². The highest BCUT2D eigenvalue weighted by Crippen LogP contribution is 2.48. The van der Waals surface area contributed by atoms with E-state index in [-0.39, 0.29) is 11.3 Å². The normalized spacial score (nSPS) is 14.8. The number of carbonyl (C=O) groups excluding carboxylic acids is 1. The first kappa shape index (κ1) is 16.3. The summed E-state index contributed by atoms with van der Waals surface area (Å²) in [7, 11) is 1.64. The standard InChI is InChI=1S/C19H23N3O2/c1-14-13-20-10-7-17(14)21-11-12-22-18(23)19(8-9-19)15-3-5-16(24-2)6-4-15/h3-7,10,13H,8-9,11-12H2,1-2H3,(H,20,21)(H,22,23). The molecule has 1 amide bonds. The minimum Gasteiger partial charge on any atom is -0.497 e. The van der Waals surface area contributed by atoms with Crippen LogP contribution in [0.3, 0.4) is 0 Å². The summed E-state index contributed by atoms with van der Waals surface area (Å²) in [6.07, 6.45) is 5.39. The average Bonchev–Trinajstić information content (AvgIpc) is 3.42. The lowest BCUT2D eigenvalue weighted by molar-refractivity contribution is -0.123. The Morgan fingerprint density at radius 2 is 1.96 bits per heavy atom. The summed E-state index contributed by atoms with van der Waals surface area (Å²) in [5.74, 6) is 0.924. The smallest absolute Gasteiger partial charge is 0.230 e. The lowest BCUT2D eigenvalue weighted by Crippen LogP contribution is -2.37. The Balaban J connectivity index is 1.52. The summed E-state index contributed by atoms with van der Waals surface area (Å²) in [5, 5.41) is 6.38. The van der Waals surface area contributed by atoms with Gasteiger partial charge in [-0.3, -0.25) is 9.78 Å². The highest BCUT2D eigenvalue weighted by atomic mass is 16.5. The number of hydrogen-bond acceptors (Lipinski definition) is 4. The van der Waals surface area contributed by atoms with Gasteiger partial charge in [0.2, 0.25) is 5.91 Å². The predicted octanol–water partition coefficient (Wildman–Crippen LogP) is 2.66. The number of aromatic nitrogens is 1. The largest absolute Gasteiger partial charge is 0.497 e. The fraction of sp³-hybridized carbons (Fsp3) is 0.368. The lowest BCUT2D eigenvalue weighted by atomic mass is 9.95. The van der Waals surface area contributed by atoms with Gasteiger partial charge in [-0.15, -0.1) is 0 Å². The SMILES string of the molecule is COc1ccc(C2(C(=O)NCCNc3ccncc3C)CC2)cc1. The van der Waals surface area contributed by atoms with Crippen LogP contribution in [0.5, 0.6) is 5.75 Å². The number of methoxy groups -OCH3 is 1. The maximum Gasteiger partial charge on any atom is 0.230 e. The second kappa shape index (κ2) is 6.91. The number of pyridine rings is 1. The second-order valence-corrected chi connectivity index (χ2v) is 6.18. The zero-order valence-electron chi connectivity index (χ0n) is 14.1. The molecular weight excluding hydrogens is 302 g/mol. The van der Waals surface area contributed by atoms with Crippen molar-refractivity contribution in [3.05, 3.63) is 53.9 Å². The molecule has 5 heteroatoms. The van der Waals surface area contributed by atoms with E-state index in [1.54, 1.807) is 13.3 Å². The lowest BCUT2D eigenvalue weighted by Gasteiger charge is -2.17. The number of nitrogens with zero attached hydrogens (tertiary/aromatic N) is 1. The van der Waals surface area contributed by atoms with Crippen LogP contribution >= 0.6 is 0 Å². The van der Waals surface area contributed by atoms with Crippen molar-refractivity contribution in [2.45, 2.75) is 25.2 Å². The van der Waals surface area contributed by atoms with Gasteiger partial charge in [0.05, 0.1) is 12.5 Å². The van der Waals surface area contributed by atoms with E-state index in [1.807, 2.05) is 43.5 Å². The van der Waals surface area contributed by atoms with Crippen LogP contribution in [0.15, 0.2) is 42.7 Å². The molecule has 1 fully saturated rings. The molecule has 0 saturated heterocycles. The Hall–Kier alpha value is -2.56. The molecule has 0 bridgehead atoms. The minimum absolute atomic E-state index is 0.112. The monoisotopic (exact) mass is 325 g/mol. The van der Waals surface area contributed by atoms with Crippen molar-refractivity contribution < 1.29 is 9.53 Å². The third-order valence-electron chi connectivity index (χ3n) is 4.57. The van der Waals surface area contributed by atoms with E-state index in [9.17, 15) is 4.79 Å². The van der Waals surface area contributed by atoms with Crippen molar-refractivity contribution in [2.24, 2.45) is 0 Å². The molecule has 1 aliphatic rings. The van der Waals surface area contributed by atoms with Gasteiger partial charge in [0.15, 0.2) is 0 Å². The molecular formula is C19H23N3O2. The van der Waals surface area contributed by atoms with Gasteiger partial charge >= 0.3 is 0 Å². The van der Waals surface area contributed by atoms with E-state index in [0.717, 1.165) is 35.4 Å². The summed E-state index contributed by atoms with van der Waals surface area (Å²) in [6, 6.07) is 9.75. The number of hydrogen-bond donors (Lipinski definition) is 2. The molecule has 1 aromatic heterocycles. The fourth-order valence-electron chi connectivity index (χ4n) is 2.90. The van der Waals surface area contributed by atoms with Gasteiger partial charge in [-0.25, -0.2) is 0 Å². The Bertz CT molecular complexity index is 709. The molecule has 1 aliphatic carbocycles. The molecule has 3 rings (SSSR count). The van der Waals surface area contributed by atoms with Gasteiger partial charge in [0, 0.05) is 31.2 Å². The molecule has 0 aliphatic heterocycles. The maximum atomic E-state index is 12.6. The number of ether oxygens (including phenoxy) is 1. The molecule has 0 unspecified atom stereocenters. The van der Waals surface area contributed by atoms with Crippen LogP contribution in [-0.2, 0) is 10.2 Å². The summed E-state index contributed by atoms with van der Waals surface area (Å²) in [4.78, 5) is 16.6. The van der Waals surface area contributed by atoms with E-state index in [4.69, 9.17) is 4.74 Å². The summed E-state index contributed by atoms with van der Waals surface area (Å²) < 4.78 is 5.18. The van der Waals surface area contributed by atoms with Crippen molar-refractivity contribution in [3.8, 4) is 5.75 Å². The molecule has 2 aromatic rings. The second-order valence-electron chi connectivity index (χ2n) is 6.18. The third kappa shape index (κ3) is 3.35. The molecule has 1 aromatic carbocycles. The van der Waals surface area contributed by atoms with Gasteiger partial charge < -0.3 is 15.4 Å². The summed E-state index contributed by atoms with van der Waals surface area (Å²) in [6.45, 7) is 3.30. The Morgan fingerprint density at radius 1 is 1.21 bits per heavy atom. The van der Waals surface area contributed by atoms with Crippen molar-refractivity contribution in [1.29, 1.82) is 0 Å². The van der Waals surface area contributed by atoms with Crippen molar-refractivity contribution in [1.82, 2.24) is 10.3 Å². The zero-order valence-corrected chi connectivity index (χ0v) is 14.1. The molecule has 24 heavy (non-hydrogen) atoms. The Labute approximate surface area is 142 Å².